The van der Waals surface area contributed by atoms with Gasteiger partial charge < -0.3 is 0 Å². The van der Waals surface area contributed by atoms with E-state index >= 15 is 0 Å². The van der Waals surface area contributed by atoms with Gasteiger partial charge >= 0.3 is 0 Å². The van der Waals surface area contributed by atoms with Gasteiger partial charge in [-0.3, -0.25) is 4.98 Å². The predicted octanol–water partition coefficient (Wildman–Crippen LogP) is 13.9. The molecule has 5 nitrogen and oxygen atoms in total. The molecule has 276 valence electrons. The van der Waals surface area contributed by atoms with Crippen LogP contribution in [0.15, 0.2) is 200 Å². The van der Waals surface area contributed by atoms with Crippen LogP contribution in [0.5, 0.6) is 0 Å². The van der Waals surface area contributed by atoms with Crippen molar-refractivity contribution in [3.05, 3.63) is 200 Å². The second-order valence-electron chi connectivity index (χ2n) is 14.5. The lowest BCUT2D eigenvalue weighted by atomic mass is 9.96. The van der Waals surface area contributed by atoms with Crippen LogP contribution in [0.4, 0.5) is 0 Å². The summed E-state index contributed by atoms with van der Waals surface area (Å²) in [5.41, 5.74) is 12.5. The average Bonchev–Trinajstić information content (AvgIpc) is 3.72. The fourth-order valence-corrected chi connectivity index (χ4v) is 9.12. The molecular formula is C53H33N5S. The lowest BCUT2D eigenvalue weighted by molar-refractivity contribution is 1.07. The largest absolute Gasteiger partial charge is 0.262 e. The summed E-state index contributed by atoms with van der Waals surface area (Å²) >= 11 is 1.80. The third kappa shape index (κ3) is 6.52. The van der Waals surface area contributed by atoms with Crippen LogP contribution in [0.3, 0.4) is 0 Å². The number of hydrogen-bond donors (Lipinski definition) is 0. The fraction of sp³-hybridized carbons (Fsp3) is 0. The van der Waals surface area contributed by atoms with E-state index in [2.05, 4.69) is 157 Å². The van der Waals surface area contributed by atoms with E-state index in [1.807, 2.05) is 48.8 Å². The van der Waals surface area contributed by atoms with Crippen molar-refractivity contribution in [2.75, 3.05) is 0 Å². The highest BCUT2D eigenvalue weighted by molar-refractivity contribution is 7.26. The Hall–Kier alpha value is -7.67. The highest BCUT2D eigenvalue weighted by Crippen LogP contribution is 2.43. The van der Waals surface area contributed by atoms with E-state index < -0.39 is 0 Å². The molecule has 0 aliphatic carbocycles. The van der Waals surface area contributed by atoms with Gasteiger partial charge in [-0.15, -0.1) is 11.3 Å². The SMILES string of the molecule is c1ccc(-c2ccc(-c3nc(-c4ccccc4)nc(-c4cccc(-c5cccc(-c6cccc(-c7nc8cnccc8c8c7sc7ccccc78)c6)c5)c4)n3)cc2)cc1. The van der Waals surface area contributed by atoms with Gasteiger partial charge in [0.25, 0.3) is 0 Å². The van der Waals surface area contributed by atoms with Crippen LogP contribution in [0.1, 0.15) is 0 Å². The Morgan fingerprint density at radius 3 is 1.49 bits per heavy atom. The highest BCUT2D eigenvalue weighted by Gasteiger charge is 2.17. The second kappa shape index (κ2) is 14.7. The minimum atomic E-state index is 0.623. The predicted molar refractivity (Wildman–Crippen MR) is 244 cm³/mol. The molecule has 11 rings (SSSR count). The Labute approximate surface area is 345 Å². The minimum absolute atomic E-state index is 0.623. The summed E-state index contributed by atoms with van der Waals surface area (Å²) in [5.74, 6) is 1.89. The smallest absolute Gasteiger partial charge is 0.164 e. The highest BCUT2D eigenvalue weighted by atomic mass is 32.1. The van der Waals surface area contributed by atoms with Gasteiger partial charge in [-0.25, -0.2) is 19.9 Å². The topological polar surface area (TPSA) is 64.5 Å². The molecule has 0 aliphatic rings. The van der Waals surface area contributed by atoms with Gasteiger partial charge in [-0.05, 0) is 63.7 Å². The summed E-state index contributed by atoms with van der Waals surface area (Å²) in [6.45, 7) is 0. The number of aromatic nitrogens is 5. The Balaban J connectivity index is 0.964. The summed E-state index contributed by atoms with van der Waals surface area (Å²) in [6, 6.07) is 65.5. The van der Waals surface area contributed by atoms with Crippen molar-refractivity contribution >= 4 is 42.4 Å². The summed E-state index contributed by atoms with van der Waals surface area (Å²) in [5, 5.41) is 3.62. The van der Waals surface area contributed by atoms with E-state index in [-0.39, 0.29) is 0 Å². The number of hydrogen-bond acceptors (Lipinski definition) is 6. The van der Waals surface area contributed by atoms with E-state index in [0.717, 1.165) is 66.7 Å². The molecule has 0 saturated heterocycles. The van der Waals surface area contributed by atoms with Crippen LogP contribution in [0.25, 0.3) is 110 Å². The third-order valence-electron chi connectivity index (χ3n) is 10.8. The first-order valence-electron chi connectivity index (χ1n) is 19.6. The van der Waals surface area contributed by atoms with Crippen molar-refractivity contribution in [2.45, 2.75) is 0 Å². The molecule has 0 N–H and O–H groups in total. The maximum Gasteiger partial charge on any atom is 0.164 e. The van der Waals surface area contributed by atoms with Crippen LogP contribution in [-0.2, 0) is 0 Å². The lowest BCUT2D eigenvalue weighted by Gasteiger charge is -2.11. The van der Waals surface area contributed by atoms with Gasteiger partial charge in [-0.1, -0.05) is 158 Å². The first-order chi connectivity index (χ1) is 29.2. The van der Waals surface area contributed by atoms with Crippen LogP contribution < -0.4 is 0 Å². The molecule has 4 heterocycles. The minimum Gasteiger partial charge on any atom is -0.262 e. The zero-order valence-corrected chi connectivity index (χ0v) is 32.5. The van der Waals surface area contributed by atoms with E-state index in [9.17, 15) is 0 Å². The zero-order chi connectivity index (χ0) is 39.1. The Morgan fingerprint density at radius 1 is 0.339 bits per heavy atom. The van der Waals surface area contributed by atoms with Crippen LogP contribution in [0, 0.1) is 0 Å². The number of rotatable bonds is 7. The summed E-state index contributed by atoms with van der Waals surface area (Å²) in [7, 11) is 0. The molecule has 11 aromatic rings. The molecule has 0 atom stereocenters. The van der Waals surface area contributed by atoms with Gasteiger partial charge in [0, 0.05) is 49.3 Å². The van der Waals surface area contributed by atoms with E-state index in [1.54, 1.807) is 11.3 Å². The fourth-order valence-electron chi connectivity index (χ4n) is 7.89. The Kier molecular flexibility index (Phi) is 8.60. The quantitative estimate of drug-likeness (QED) is 0.161. The summed E-state index contributed by atoms with van der Waals surface area (Å²) in [4.78, 5) is 24.7. The van der Waals surface area contributed by atoms with Crippen LogP contribution >= 0.6 is 11.3 Å². The molecule has 0 fully saturated rings. The molecule has 0 aliphatic heterocycles. The molecule has 59 heavy (non-hydrogen) atoms. The van der Waals surface area contributed by atoms with E-state index in [0.29, 0.717) is 17.5 Å². The molecule has 0 unspecified atom stereocenters. The van der Waals surface area contributed by atoms with Gasteiger partial charge in [0.1, 0.15) is 0 Å². The van der Waals surface area contributed by atoms with E-state index in [1.165, 1.54) is 25.7 Å². The zero-order valence-electron chi connectivity index (χ0n) is 31.7. The van der Waals surface area contributed by atoms with Crippen molar-refractivity contribution in [2.24, 2.45) is 0 Å². The van der Waals surface area contributed by atoms with Crippen molar-refractivity contribution < 1.29 is 0 Å². The number of fused-ring (bicyclic) bond motifs is 5. The van der Waals surface area contributed by atoms with Crippen molar-refractivity contribution in [3.63, 3.8) is 0 Å². The molecule has 4 aromatic heterocycles. The third-order valence-corrected chi connectivity index (χ3v) is 12.0. The van der Waals surface area contributed by atoms with Crippen molar-refractivity contribution in [1.29, 1.82) is 0 Å². The first kappa shape index (κ1) is 34.6. The summed E-state index contributed by atoms with van der Waals surface area (Å²) in [6.07, 6.45) is 3.73. The monoisotopic (exact) mass is 771 g/mol. The molecule has 0 radical (unpaired) electrons. The average molecular weight is 772 g/mol. The Morgan fingerprint density at radius 2 is 0.814 bits per heavy atom. The molecule has 0 amide bonds. The van der Waals surface area contributed by atoms with Crippen LogP contribution in [-0.4, -0.2) is 24.9 Å². The van der Waals surface area contributed by atoms with Gasteiger partial charge in [0.2, 0.25) is 0 Å². The number of thiophene rings is 1. The Bertz CT molecular complexity index is 3320. The molecular weight excluding hydrogens is 739 g/mol. The lowest BCUT2D eigenvalue weighted by Crippen LogP contribution is -2.00. The molecule has 7 aromatic carbocycles. The molecule has 6 heteroatoms. The second-order valence-corrected chi connectivity index (χ2v) is 15.6. The summed E-state index contributed by atoms with van der Waals surface area (Å²) < 4.78 is 2.44. The van der Waals surface area contributed by atoms with E-state index in [4.69, 9.17) is 19.9 Å². The molecule has 0 spiro atoms. The molecule has 0 bridgehead atoms. The van der Waals surface area contributed by atoms with Gasteiger partial charge in [0.15, 0.2) is 17.5 Å². The first-order valence-corrected chi connectivity index (χ1v) is 20.4. The molecule has 0 saturated carbocycles. The number of pyridine rings is 2. The normalized spacial score (nSPS) is 11.4. The number of benzene rings is 7. The van der Waals surface area contributed by atoms with Crippen LogP contribution in [0.2, 0.25) is 0 Å². The number of nitrogens with zero attached hydrogens (tertiary/aromatic N) is 5. The maximum absolute atomic E-state index is 5.21. The van der Waals surface area contributed by atoms with Gasteiger partial charge in [-0.2, -0.15) is 0 Å². The standard InChI is InChI=1S/C53H33N5S/c1-3-12-34(13-4-1)35-24-26-37(27-25-35)52-56-51(36-14-5-2-6-15-36)57-53(58-52)43-21-11-19-41(32-43)39-17-9-16-38(30-39)40-18-10-20-42(31-40)49-50-48(44-28-29-54-33-46(44)55-49)45-22-7-8-23-47(45)59-50/h1-33H. The maximum atomic E-state index is 5.21. The van der Waals surface area contributed by atoms with Crippen molar-refractivity contribution in [1.82, 2.24) is 24.9 Å². The van der Waals surface area contributed by atoms with Gasteiger partial charge in [0.05, 0.1) is 22.1 Å². The van der Waals surface area contributed by atoms with Crippen molar-refractivity contribution in [3.8, 4) is 78.8 Å².